The number of halogens is 2. The van der Waals surface area contributed by atoms with Gasteiger partial charge in [0, 0.05) is 3.57 Å². The van der Waals surface area contributed by atoms with Crippen LogP contribution in [0, 0.1) is 3.57 Å². The molecule has 0 bridgehead atoms. The Bertz CT molecular complexity index is 1150. The van der Waals surface area contributed by atoms with Crippen LogP contribution in [0.2, 0.25) is 5.02 Å². The van der Waals surface area contributed by atoms with E-state index in [2.05, 4.69) is 33.1 Å². The SMILES string of the molecule is CCOc1cc(C=NNC(=O)COc2ccc(I)cc2)ccc1OC(=O)c1ccccc1Cl. The number of hydrogen-bond donors (Lipinski definition) is 1. The third kappa shape index (κ3) is 7.47. The number of carbonyl (C=O) groups excluding carboxylic acids is 2. The molecule has 0 saturated carbocycles. The van der Waals surface area contributed by atoms with Gasteiger partial charge >= 0.3 is 5.97 Å². The van der Waals surface area contributed by atoms with E-state index in [4.69, 9.17) is 25.8 Å². The third-order valence-electron chi connectivity index (χ3n) is 4.15. The van der Waals surface area contributed by atoms with Crippen LogP contribution in [-0.2, 0) is 4.79 Å². The number of carbonyl (C=O) groups is 2. The largest absolute Gasteiger partial charge is 0.490 e. The zero-order chi connectivity index (χ0) is 23.6. The van der Waals surface area contributed by atoms with Gasteiger partial charge in [0.25, 0.3) is 5.91 Å². The Kier molecular flexibility index (Phi) is 9.08. The number of nitrogens with one attached hydrogen (secondary N) is 1. The van der Waals surface area contributed by atoms with Crippen molar-refractivity contribution in [2.75, 3.05) is 13.2 Å². The van der Waals surface area contributed by atoms with Crippen LogP contribution < -0.4 is 19.6 Å². The second kappa shape index (κ2) is 12.2. The van der Waals surface area contributed by atoms with Crippen molar-refractivity contribution in [1.29, 1.82) is 0 Å². The van der Waals surface area contributed by atoms with E-state index in [1.807, 2.05) is 19.1 Å². The Morgan fingerprint density at radius 1 is 1.03 bits per heavy atom. The molecule has 7 nitrogen and oxygen atoms in total. The molecule has 170 valence electrons. The molecule has 0 aromatic heterocycles. The number of hydrazone groups is 1. The highest BCUT2D eigenvalue weighted by Crippen LogP contribution is 2.29. The lowest BCUT2D eigenvalue weighted by Crippen LogP contribution is -2.24. The molecule has 3 aromatic rings. The lowest BCUT2D eigenvalue weighted by molar-refractivity contribution is -0.123. The van der Waals surface area contributed by atoms with Crippen LogP contribution in [0.5, 0.6) is 17.2 Å². The van der Waals surface area contributed by atoms with Crippen LogP contribution in [0.4, 0.5) is 0 Å². The highest BCUT2D eigenvalue weighted by Gasteiger charge is 2.15. The summed E-state index contributed by atoms with van der Waals surface area (Å²) in [5.74, 6) is 0.199. The zero-order valence-electron chi connectivity index (χ0n) is 17.6. The number of nitrogens with zero attached hydrogens (tertiary/aromatic N) is 1. The van der Waals surface area contributed by atoms with Crippen molar-refractivity contribution in [3.8, 4) is 17.2 Å². The van der Waals surface area contributed by atoms with E-state index in [0.717, 1.165) is 3.57 Å². The lowest BCUT2D eigenvalue weighted by Gasteiger charge is -2.12. The third-order valence-corrected chi connectivity index (χ3v) is 5.20. The number of benzene rings is 3. The summed E-state index contributed by atoms with van der Waals surface area (Å²) in [5, 5.41) is 4.23. The molecule has 0 saturated heterocycles. The molecule has 9 heteroatoms. The van der Waals surface area contributed by atoms with Crippen LogP contribution in [0.1, 0.15) is 22.8 Å². The Hall–Kier alpha value is -3.11. The van der Waals surface area contributed by atoms with E-state index in [1.165, 1.54) is 6.21 Å². The molecule has 0 aliphatic heterocycles. The molecule has 0 radical (unpaired) electrons. The number of ether oxygens (including phenoxy) is 3. The van der Waals surface area contributed by atoms with Crippen LogP contribution in [-0.4, -0.2) is 31.3 Å². The summed E-state index contributed by atoms with van der Waals surface area (Å²) >= 11 is 8.25. The van der Waals surface area contributed by atoms with Crippen LogP contribution in [0.15, 0.2) is 71.8 Å². The van der Waals surface area contributed by atoms with E-state index in [1.54, 1.807) is 54.6 Å². The van der Waals surface area contributed by atoms with Gasteiger partial charge in [-0.3, -0.25) is 4.79 Å². The average Bonchev–Trinajstić information content (AvgIpc) is 2.80. The lowest BCUT2D eigenvalue weighted by atomic mass is 10.2. The molecule has 0 heterocycles. The molecular weight excluding hydrogens is 559 g/mol. The molecule has 0 unspecified atom stereocenters. The maximum absolute atomic E-state index is 12.5. The van der Waals surface area contributed by atoms with Gasteiger partial charge in [-0.25, -0.2) is 10.2 Å². The van der Waals surface area contributed by atoms with Crippen molar-refractivity contribution in [2.45, 2.75) is 6.92 Å². The number of esters is 1. The molecule has 3 rings (SSSR count). The van der Waals surface area contributed by atoms with Gasteiger partial charge in [0.05, 0.1) is 23.4 Å². The minimum Gasteiger partial charge on any atom is -0.490 e. The summed E-state index contributed by atoms with van der Waals surface area (Å²) in [6.45, 7) is 2.01. The quantitative estimate of drug-likeness (QED) is 0.126. The summed E-state index contributed by atoms with van der Waals surface area (Å²) in [4.78, 5) is 24.4. The van der Waals surface area contributed by atoms with E-state index < -0.39 is 11.9 Å². The minimum atomic E-state index is -0.594. The van der Waals surface area contributed by atoms with Crippen molar-refractivity contribution < 1.29 is 23.8 Å². The molecule has 0 fully saturated rings. The summed E-state index contributed by atoms with van der Waals surface area (Å²) < 4.78 is 17.5. The van der Waals surface area contributed by atoms with Crippen LogP contribution in [0.3, 0.4) is 0 Å². The van der Waals surface area contributed by atoms with Gasteiger partial charge < -0.3 is 14.2 Å². The minimum absolute atomic E-state index is 0.168. The fraction of sp³-hybridized carbons (Fsp3) is 0.125. The number of rotatable bonds is 9. The van der Waals surface area contributed by atoms with E-state index >= 15 is 0 Å². The topological polar surface area (TPSA) is 86.2 Å². The number of hydrogen-bond acceptors (Lipinski definition) is 6. The highest BCUT2D eigenvalue weighted by atomic mass is 127. The van der Waals surface area contributed by atoms with Gasteiger partial charge in [0.15, 0.2) is 18.1 Å². The highest BCUT2D eigenvalue weighted by molar-refractivity contribution is 14.1. The first-order chi connectivity index (χ1) is 16.0. The van der Waals surface area contributed by atoms with Crippen molar-refractivity contribution in [3.05, 3.63) is 86.4 Å². The van der Waals surface area contributed by atoms with Crippen LogP contribution in [0.25, 0.3) is 0 Å². The number of amides is 1. The maximum atomic E-state index is 12.5. The average molecular weight is 579 g/mol. The molecule has 33 heavy (non-hydrogen) atoms. The summed E-state index contributed by atoms with van der Waals surface area (Å²) in [6.07, 6.45) is 1.45. The van der Waals surface area contributed by atoms with Gasteiger partial charge in [-0.15, -0.1) is 0 Å². The van der Waals surface area contributed by atoms with E-state index in [-0.39, 0.29) is 17.9 Å². The van der Waals surface area contributed by atoms with Crippen molar-refractivity contribution >= 4 is 52.3 Å². The molecule has 1 amide bonds. The second-order valence-corrected chi connectivity index (χ2v) is 8.20. The van der Waals surface area contributed by atoms with Crippen molar-refractivity contribution in [1.82, 2.24) is 5.43 Å². The Morgan fingerprint density at radius 2 is 1.79 bits per heavy atom. The van der Waals surface area contributed by atoms with Crippen LogP contribution >= 0.6 is 34.2 Å². The normalized spacial score (nSPS) is 10.6. The Labute approximate surface area is 209 Å². The fourth-order valence-corrected chi connectivity index (χ4v) is 3.20. The van der Waals surface area contributed by atoms with Gasteiger partial charge in [-0.2, -0.15) is 5.10 Å². The molecule has 0 atom stereocenters. The first kappa shape index (κ1) is 24.5. The molecule has 1 N–H and O–H groups in total. The van der Waals surface area contributed by atoms with E-state index in [9.17, 15) is 9.59 Å². The smallest absolute Gasteiger partial charge is 0.345 e. The molecular formula is C24H20ClIN2O5. The molecule has 0 spiro atoms. The Balaban J connectivity index is 1.60. The van der Waals surface area contributed by atoms with Gasteiger partial charge in [0.1, 0.15) is 5.75 Å². The summed E-state index contributed by atoms with van der Waals surface area (Å²) in [6, 6.07) is 18.9. The summed E-state index contributed by atoms with van der Waals surface area (Å²) in [5.41, 5.74) is 3.29. The van der Waals surface area contributed by atoms with Crippen molar-refractivity contribution in [3.63, 3.8) is 0 Å². The van der Waals surface area contributed by atoms with Crippen molar-refractivity contribution in [2.24, 2.45) is 5.10 Å². The predicted octanol–water partition coefficient (Wildman–Crippen LogP) is 5.09. The monoisotopic (exact) mass is 578 g/mol. The molecule has 0 aliphatic rings. The first-order valence-electron chi connectivity index (χ1n) is 9.90. The van der Waals surface area contributed by atoms with Gasteiger partial charge in [-0.05, 0) is 89.7 Å². The Morgan fingerprint density at radius 3 is 2.52 bits per heavy atom. The first-order valence-corrected chi connectivity index (χ1v) is 11.4. The van der Waals surface area contributed by atoms with Gasteiger partial charge in [-0.1, -0.05) is 23.7 Å². The molecule has 0 aliphatic carbocycles. The standard InChI is InChI=1S/C24H20ClIN2O5/c1-2-31-22-13-16(7-12-21(22)33-24(30)19-5-3-4-6-20(19)25)14-27-28-23(29)15-32-18-10-8-17(26)9-11-18/h3-14H,2,15H2,1H3,(H,28,29). The predicted molar refractivity (Wildman–Crippen MR) is 134 cm³/mol. The maximum Gasteiger partial charge on any atom is 0.345 e. The molecule has 3 aromatic carbocycles. The second-order valence-electron chi connectivity index (χ2n) is 6.54. The summed E-state index contributed by atoms with van der Waals surface area (Å²) in [7, 11) is 0. The van der Waals surface area contributed by atoms with E-state index in [0.29, 0.717) is 28.7 Å². The zero-order valence-corrected chi connectivity index (χ0v) is 20.5. The fourth-order valence-electron chi connectivity index (χ4n) is 2.63. The van der Waals surface area contributed by atoms with Gasteiger partial charge in [0.2, 0.25) is 0 Å².